The molecule has 1 atom stereocenters. The second-order valence-electron chi connectivity index (χ2n) is 6.12. The van der Waals surface area contributed by atoms with Gasteiger partial charge in [-0.2, -0.15) is 0 Å². The summed E-state index contributed by atoms with van der Waals surface area (Å²) >= 11 is 1.85. The Hall–Kier alpha value is -0.910. The molecule has 0 saturated carbocycles. The molecule has 4 nitrogen and oxygen atoms in total. The summed E-state index contributed by atoms with van der Waals surface area (Å²) in [5.41, 5.74) is 7.39. The summed E-state index contributed by atoms with van der Waals surface area (Å²) in [5.74, 6) is 0.293. The number of hydrogen-bond acceptors (Lipinski definition) is 4. The first kappa shape index (κ1) is 15.0. The minimum Gasteiger partial charge on any atom is -0.343 e. The molecule has 0 aliphatic carbocycles. The van der Waals surface area contributed by atoms with Gasteiger partial charge in [-0.3, -0.25) is 9.69 Å². The highest BCUT2D eigenvalue weighted by Crippen LogP contribution is 2.26. The van der Waals surface area contributed by atoms with Gasteiger partial charge in [-0.25, -0.2) is 0 Å². The second kappa shape index (κ2) is 6.90. The molecule has 1 aromatic heterocycles. The molecule has 2 aliphatic rings. The van der Waals surface area contributed by atoms with E-state index in [0.717, 1.165) is 45.4 Å². The molecular weight excluding hydrogens is 282 g/mol. The van der Waals surface area contributed by atoms with E-state index < -0.39 is 0 Å². The molecule has 0 spiro atoms. The van der Waals surface area contributed by atoms with Crippen LogP contribution in [0, 0.1) is 0 Å². The number of rotatable bonds is 4. The molecular formula is C16H25N3OS. The van der Waals surface area contributed by atoms with Gasteiger partial charge in [0, 0.05) is 50.1 Å². The second-order valence-corrected chi connectivity index (χ2v) is 7.13. The van der Waals surface area contributed by atoms with E-state index in [2.05, 4.69) is 16.3 Å². The summed E-state index contributed by atoms with van der Waals surface area (Å²) in [4.78, 5) is 18.4. The van der Waals surface area contributed by atoms with Crippen molar-refractivity contribution in [2.75, 3.05) is 26.2 Å². The van der Waals surface area contributed by atoms with Gasteiger partial charge in [0.15, 0.2) is 0 Å². The molecule has 21 heavy (non-hydrogen) atoms. The summed E-state index contributed by atoms with van der Waals surface area (Å²) in [6, 6.07) is 2.40. The van der Waals surface area contributed by atoms with Crippen molar-refractivity contribution in [2.24, 2.45) is 5.73 Å². The minimum absolute atomic E-state index is 0.187. The molecule has 0 radical (unpaired) electrons. The lowest BCUT2D eigenvalue weighted by atomic mass is 10.0. The van der Waals surface area contributed by atoms with Gasteiger partial charge in [-0.15, -0.1) is 11.3 Å². The lowest BCUT2D eigenvalue weighted by molar-refractivity contribution is -0.133. The third-order valence-corrected chi connectivity index (χ3v) is 5.77. The van der Waals surface area contributed by atoms with E-state index in [9.17, 15) is 4.79 Å². The fourth-order valence-corrected chi connectivity index (χ4v) is 4.31. The normalized spacial score (nSPS) is 21.1. The Morgan fingerprint density at radius 1 is 1.29 bits per heavy atom. The number of piperidine rings is 1. The maximum Gasteiger partial charge on any atom is 0.224 e. The standard InChI is InChI=1S/C16H25N3OS/c17-11-14(10-16(20)18-6-2-1-3-7-18)19-8-4-15-13(12-19)5-9-21-15/h5,9,14H,1-4,6-8,10-12,17H2. The highest BCUT2D eigenvalue weighted by atomic mass is 32.1. The average molecular weight is 307 g/mol. The zero-order chi connectivity index (χ0) is 14.7. The predicted octanol–water partition coefficient (Wildman–Crippen LogP) is 1.84. The van der Waals surface area contributed by atoms with Crippen LogP contribution in [0.5, 0.6) is 0 Å². The van der Waals surface area contributed by atoms with Crippen LogP contribution < -0.4 is 5.73 Å². The van der Waals surface area contributed by atoms with Crippen LogP contribution in [0.25, 0.3) is 0 Å². The lowest BCUT2D eigenvalue weighted by Gasteiger charge is -2.35. The Balaban J connectivity index is 1.59. The number of likely N-dealkylation sites (tertiary alicyclic amines) is 1. The van der Waals surface area contributed by atoms with E-state index in [0.29, 0.717) is 18.9 Å². The monoisotopic (exact) mass is 307 g/mol. The van der Waals surface area contributed by atoms with E-state index in [1.54, 1.807) is 0 Å². The highest BCUT2D eigenvalue weighted by Gasteiger charge is 2.27. The van der Waals surface area contributed by atoms with Crippen LogP contribution in [0.1, 0.15) is 36.1 Å². The van der Waals surface area contributed by atoms with Crippen molar-refractivity contribution in [3.05, 3.63) is 21.9 Å². The fourth-order valence-electron chi connectivity index (χ4n) is 3.42. The van der Waals surface area contributed by atoms with Crippen molar-refractivity contribution in [1.82, 2.24) is 9.80 Å². The molecule has 1 amide bonds. The molecule has 116 valence electrons. The molecule has 2 aliphatic heterocycles. The SMILES string of the molecule is NCC(CC(=O)N1CCCCC1)N1CCc2sccc2C1. The van der Waals surface area contributed by atoms with Gasteiger partial charge < -0.3 is 10.6 Å². The molecule has 5 heteroatoms. The number of fused-ring (bicyclic) bond motifs is 1. The quantitative estimate of drug-likeness (QED) is 0.923. The summed E-state index contributed by atoms with van der Waals surface area (Å²) in [5, 5.41) is 2.17. The molecule has 1 fully saturated rings. The molecule has 0 aromatic carbocycles. The lowest BCUT2D eigenvalue weighted by Crippen LogP contribution is -2.47. The molecule has 1 unspecified atom stereocenters. The number of thiophene rings is 1. The smallest absolute Gasteiger partial charge is 0.224 e. The van der Waals surface area contributed by atoms with Gasteiger partial charge >= 0.3 is 0 Å². The van der Waals surface area contributed by atoms with Crippen LogP contribution in [0.2, 0.25) is 0 Å². The average Bonchev–Trinajstić information content (AvgIpc) is 3.00. The number of amides is 1. The Morgan fingerprint density at radius 3 is 2.86 bits per heavy atom. The first-order valence-corrected chi connectivity index (χ1v) is 8.93. The molecule has 0 bridgehead atoms. The van der Waals surface area contributed by atoms with Crippen molar-refractivity contribution < 1.29 is 4.79 Å². The molecule has 1 saturated heterocycles. The first-order chi connectivity index (χ1) is 10.3. The highest BCUT2D eigenvalue weighted by molar-refractivity contribution is 7.10. The third-order valence-electron chi connectivity index (χ3n) is 4.74. The summed E-state index contributed by atoms with van der Waals surface area (Å²) in [6.45, 7) is 4.42. The minimum atomic E-state index is 0.187. The van der Waals surface area contributed by atoms with Gasteiger partial charge in [0.05, 0.1) is 0 Å². The van der Waals surface area contributed by atoms with Crippen LogP contribution >= 0.6 is 11.3 Å². The van der Waals surface area contributed by atoms with Crippen molar-refractivity contribution in [3.63, 3.8) is 0 Å². The Bertz CT molecular complexity index is 482. The van der Waals surface area contributed by atoms with Gasteiger partial charge in [0.2, 0.25) is 5.91 Å². The number of carbonyl (C=O) groups excluding carboxylic acids is 1. The van der Waals surface area contributed by atoms with Crippen LogP contribution in [-0.2, 0) is 17.8 Å². The summed E-state index contributed by atoms with van der Waals surface area (Å²) < 4.78 is 0. The summed E-state index contributed by atoms with van der Waals surface area (Å²) in [6.07, 6.45) is 5.25. The van der Waals surface area contributed by atoms with Crippen LogP contribution in [0.3, 0.4) is 0 Å². The number of hydrogen-bond donors (Lipinski definition) is 1. The topological polar surface area (TPSA) is 49.6 Å². The van der Waals surface area contributed by atoms with E-state index in [4.69, 9.17) is 5.73 Å². The fraction of sp³-hybridized carbons (Fsp3) is 0.688. The largest absolute Gasteiger partial charge is 0.343 e. The number of nitrogens with zero attached hydrogens (tertiary/aromatic N) is 2. The molecule has 2 N–H and O–H groups in total. The predicted molar refractivity (Wildman–Crippen MR) is 86.3 cm³/mol. The van der Waals surface area contributed by atoms with Gasteiger partial charge in [-0.1, -0.05) is 0 Å². The third kappa shape index (κ3) is 3.47. The van der Waals surface area contributed by atoms with Crippen molar-refractivity contribution in [3.8, 4) is 0 Å². The van der Waals surface area contributed by atoms with Gasteiger partial charge in [-0.05, 0) is 42.7 Å². The van der Waals surface area contributed by atoms with Crippen molar-refractivity contribution >= 4 is 17.2 Å². The zero-order valence-electron chi connectivity index (χ0n) is 12.6. The van der Waals surface area contributed by atoms with Gasteiger partial charge in [0.25, 0.3) is 0 Å². The maximum atomic E-state index is 12.5. The first-order valence-electron chi connectivity index (χ1n) is 8.05. The number of carbonyl (C=O) groups is 1. The van der Waals surface area contributed by atoms with E-state index in [1.807, 2.05) is 16.2 Å². The van der Waals surface area contributed by atoms with Crippen LogP contribution in [0.15, 0.2) is 11.4 Å². The van der Waals surface area contributed by atoms with Crippen LogP contribution in [-0.4, -0.2) is 47.9 Å². The Labute approximate surface area is 130 Å². The zero-order valence-corrected chi connectivity index (χ0v) is 13.4. The van der Waals surface area contributed by atoms with Gasteiger partial charge in [0.1, 0.15) is 0 Å². The Kier molecular flexibility index (Phi) is 4.93. The van der Waals surface area contributed by atoms with E-state index in [1.165, 1.54) is 16.9 Å². The molecule has 3 rings (SSSR count). The molecule has 3 heterocycles. The van der Waals surface area contributed by atoms with E-state index in [-0.39, 0.29) is 6.04 Å². The van der Waals surface area contributed by atoms with Crippen molar-refractivity contribution in [2.45, 2.75) is 44.7 Å². The summed E-state index contributed by atoms with van der Waals surface area (Å²) in [7, 11) is 0. The van der Waals surface area contributed by atoms with E-state index >= 15 is 0 Å². The number of nitrogens with two attached hydrogens (primary N) is 1. The maximum absolute atomic E-state index is 12.5. The van der Waals surface area contributed by atoms with Crippen molar-refractivity contribution in [1.29, 1.82) is 0 Å². The molecule has 1 aromatic rings. The van der Waals surface area contributed by atoms with Crippen LogP contribution in [0.4, 0.5) is 0 Å². The Morgan fingerprint density at radius 2 is 2.10 bits per heavy atom.